The smallest absolute Gasteiger partial charge is 0.0541 e. The number of para-hydroxylation sites is 2. The molecule has 2 aliphatic rings. The van der Waals surface area contributed by atoms with Gasteiger partial charge >= 0.3 is 0 Å². The summed E-state index contributed by atoms with van der Waals surface area (Å²) in [5, 5.41) is 5.02. The highest BCUT2D eigenvalue weighted by atomic mass is 15.2. The van der Waals surface area contributed by atoms with E-state index in [1.807, 2.05) is 12.2 Å². The molecule has 0 radical (unpaired) electrons. The molecule has 0 atom stereocenters. The van der Waals surface area contributed by atoms with E-state index in [2.05, 4.69) is 189 Å². The zero-order valence-electron chi connectivity index (χ0n) is 29.5. The van der Waals surface area contributed by atoms with Crippen LogP contribution in [-0.2, 0) is 0 Å². The molecule has 2 heteroatoms. The Bertz CT molecular complexity index is 2800. The molecular formula is C50H38N2. The summed E-state index contributed by atoms with van der Waals surface area (Å²) in [4.78, 5) is 2.31. The van der Waals surface area contributed by atoms with E-state index in [9.17, 15) is 0 Å². The van der Waals surface area contributed by atoms with Crippen molar-refractivity contribution in [2.24, 2.45) is 0 Å². The molecule has 0 saturated carbocycles. The molecule has 248 valence electrons. The lowest BCUT2D eigenvalue weighted by atomic mass is 9.93. The van der Waals surface area contributed by atoms with Crippen LogP contribution in [0.4, 0.5) is 11.4 Å². The van der Waals surface area contributed by atoms with Gasteiger partial charge in [0.1, 0.15) is 0 Å². The quantitative estimate of drug-likeness (QED) is 0.171. The lowest BCUT2D eigenvalue weighted by Crippen LogP contribution is -2.19. The van der Waals surface area contributed by atoms with Gasteiger partial charge in [-0.2, -0.15) is 0 Å². The molecule has 0 spiro atoms. The normalized spacial score (nSPS) is 16.2. The second kappa shape index (κ2) is 12.3. The Morgan fingerprint density at radius 3 is 2.19 bits per heavy atom. The average molecular weight is 667 g/mol. The van der Waals surface area contributed by atoms with Crippen molar-refractivity contribution in [3.05, 3.63) is 205 Å². The second-order valence-electron chi connectivity index (χ2n) is 13.5. The van der Waals surface area contributed by atoms with Crippen molar-refractivity contribution in [2.45, 2.75) is 13.8 Å². The van der Waals surface area contributed by atoms with Gasteiger partial charge in [0.15, 0.2) is 0 Å². The molecule has 0 N–H and O–H groups in total. The van der Waals surface area contributed by atoms with Crippen LogP contribution in [-0.4, -0.2) is 4.57 Å². The Labute approximate surface area is 305 Å². The minimum absolute atomic E-state index is 0.950. The Hall–Kier alpha value is -6.64. The molecule has 0 bridgehead atoms. The summed E-state index contributed by atoms with van der Waals surface area (Å²) < 4.78 is 2.42. The van der Waals surface area contributed by atoms with E-state index in [4.69, 9.17) is 0 Å². The summed E-state index contributed by atoms with van der Waals surface area (Å²) in [6, 6.07) is 44.2. The zero-order valence-corrected chi connectivity index (χ0v) is 29.5. The van der Waals surface area contributed by atoms with Gasteiger partial charge in [0.05, 0.1) is 22.4 Å². The Morgan fingerprint density at radius 1 is 0.615 bits per heavy atom. The number of nitrogens with zero attached hydrogens (tertiary/aromatic N) is 2. The molecule has 2 heterocycles. The fourth-order valence-electron chi connectivity index (χ4n) is 8.25. The first-order chi connectivity index (χ1) is 25.5. The van der Waals surface area contributed by atoms with Crippen molar-refractivity contribution in [3.8, 4) is 16.8 Å². The summed E-state index contributed by atoms with van der Waals surface area (Å²) in [6.45, 7) is 17.1. The first-order valence-electron chi connectivity index (χ1n) is 17.8. The van der Waals surface area contributed by atoms with Crippen molar-refractivity contribution in [3.63, 3.8) is 0 Å². The van der Waals surface area contributed by atoms with Crippen LogP contribution < -0.4 is 4.90 Å². The lowest BCUT2D eigenvalue weighted by Gasteiger charge is -2.31. The van der Waals surface area contributed by atoms with E-state index < -0.39 is 0 Å². The summed E-state index contributed by atoms with van der Waals surface area (Å²) in [5.41, 5.74) is 17.2. The van der Waals surface area contributed by atoms with Crippen molar-refractivity contribution in [1.29, 1.82) is 0 Å². The predicted octanol–water partition coefficient (Wildman–Crippen LogP) is 13.8. The Morgan fingerprint density at radius 2 is 1.38 bits per heavy atom. The van der Waals surface area contributed by atoms with Gasteiger partial charge in [-0.05, 0) is 130 Å². The molecule has 1 aliphatic heterocycles. The van der Waals surface area contributed by atoms with Crippen LogP contribution in [0.1, 0.15) is 30.5 Å². The fourth-order valence-corrected chi connectivity index (χ4v) is 8.25. The monoisotopic (exact) mass is 666 g/mol. The number of aromatic nitrogens is 1. The Balaban J connectivity index is 1.22. The maximum Gasteiger partial charge on any atom is 0.0541 e. The zero-order chi connectivity index (χ0) is 35.5. The molecule has 0 unspecified atom stereocenters. The van der Waals surface area contributed by atoms with Gasteiger partial charge in [0.2, 0.25) is 0 Å². The standard InChI is InChI=1S/C50H38N2/c1-6-15-46-34(7-2)23-22-32(4)43-29-35(24-26-48(43)51(46)38-17-10-9-11-18-38)36-25-27-49-45(30-36)41-19-12-13-21-47(41)52(49)39-28-37-16-14-20-42-40(8-3)33(5)44(31-39)50(37)42/h6-31H,2-4H2,1,5H3/b15-6-,23-22-,46-34-. The predicted molar refractivity (Wildman–Crippen MR) is 225 cm³/mol. The number of benzene rings is 6. The van der Waals surface area contributed by atoms with Crippen LogP contribution in [0.5, 0.6) is 0 Å². The van der Waals surface area contributed by atoms with Gasteiger partial charge in [0, 0.05) is 27.7 Å². The van der Waals surface area contributed by atoms with E-state index in [-0.39, 0.29) is 0 Å². The number of allylic oxidation sites excluding steroid dienone is 10. The molecule has 7 aromatic rings. The minimum atomic E-state index is 0.950. The largest absolute Gasteiger partial charge is 0.309 e. The molecule has 9 rings (SSSR count). The minimum Gasteiger partial charge on any atom is -0.309 e. The van der Waals surface area contributed by atoms with E-state index in [0.717, 1.165) is 50.6 Å². The van der Waals surface area contributed by atoms with Gasteiger partial charge in [0.25, 0.3) is 0 Å². The van der Waals surface area contributed by atoms with Crippen LogP contribution in [0.15, 0.2) is 189 Å². The fraction of sp³-hybridized carbons (Fsp3) is 0.0400. The van der Waals surface area contributed by atoms with Gasteiger partial charge in [-0.1, -0.05) is 117 Å². The van der Waals surface area contributed by atoms with Crippen LogP contribution in [0.2, 0.25) is 0 Å². The lowest BCUT2D eigenvalue weighted by molar-refractivity contribution is 1.18. The molecular weight excluding hydrogens is 629 g/mol. The maximum absolute atomic E-state index is 4.54. The molecule has 1 aliphatic carbocycles. The maximum atomic E-state index is 4.54. The van der Waals surface area contributed by atoms with Crippen LogP contribution >= 0.6 is 0 Å². The number of hydrogen-bond acceptors (Lipinski definition) is 1. The number of rotatable bonds is 6. The first kappa shape index (κ1) is 31.3. The third-order valence-electron chi connectivity index (χ3n) is 10.7. The van der Waals surface area contributed by atoms with Gasteiger partial charge in [-0.3, -0.25) is 0 Å². The molecule has 52 heavy (non-hydrogen) atoms. The highest BCUT2D eigenvalue weighted by molar-refractivity contribution is 6.17. The average Bonchev–Trinajstić information content (AvgIpc) is 3.66. The molecule has 1 aromatic heterocycles. The van der Waals surface area contributed by atoms with Gasteiger partial charge < -0.3 is 9.47 Å². The van der Waals surface area contributed by atoms with Crippen molar-refractivity contribution < 1.29 is 0 Å². The van der Waals surface area contributed by atoms with Gasteiger partial charge in [-0.15, -0.1) is 0 Å². The molecule has 0 saturated heterocycles. The van der Waals surface area contributed by atoms with Crippen LogP contribution in [0, 0.1) is 0 Å². The number of hydrogen-bond donors (Lipinski definition) is 0. The van der Waals surface area contributed by atoms with Crippen LogP contribution in [0.3, 0.4) is 0 Å². The molecule has 6 aromatic carbocycles. The van der Waals surface area contributed by atoms with Crippen LogP contribution in [0.25, 0.3) is 66.1 Å². The summed E-state index contributed by atoms with van der Waals surface area (Å²) >= 11 is 0. The third-order valence-corrected chi connectivity index (χ3v) is 10.7. The molecule has 0 fully saturated rings. The number of anilines is 2. The molecule has 2 nitrogen and oxygen atoms in total. The van der Waals surface area contributed by atoms with E-state index in [0.29, 0.717) is 0 Å². The Kier molecular flexibility index (Phi) is 7.41. The number of fused-ring (bicyclic) bond motifs is 4. The topological polar surface area (TPSA) is 8.17 Å². The van der Waals surface area contributed by atoms with Crippen molar-refractivity contribution in [1.82, 2.24) is 4.57 Å². The van der Waals surface area contributed by atoms with E-state index in [1.165, 1.54) is 54.9 Å². The highest BCUT2D eigenvalue weighted by Gasteiger charge is 2.24. The SMILES string of the molecule is C=CC1=C(C)c2cc(-n3c4ccccc4c4cc(-c5ccc6c(c5)C(=C)\C=C/C(C=C)=C(/C=C\C)N6c5ccccc5)ccc43)cc3cccc1c23. The van der Waals surface area contributed by atoms with E-state index in [1.54, 1.807) is 0 Å². The van der Waals surface area contributed by atoms with E-state index >= 15 is 0 Å². The highest BCUT2D eigenvalue weighted by Crippen LogP contribution is 2.45. The van der Waals surface area contributed by atoms with Gasteiger partial charge in [-0.25, -0.2) is 0 Å². The summed E-state index contributed by atoms with van der Waals surface area (Å²) in [5.74, 6) is 0. The third kappa shape index (κ3) is 4.72. The second-order valence-corrected chi connectivity index (χ2v) is 13.5. The summed E-state index contributed by atoms with van der Waals surface area (Å²) in [6.07, 6.45) is 12.4. The summed E-state index contributed by atoms with van der Waals surface area (Å²) in [7, 11) is 0. The first-order valence-corrected chi connectivity index (χ1v) is 17.8. The van der Waals surface area contributed by atoms with Crippen molar-refractivity contribution >= 4 is 60.7 Å². The van der Waals surface area contributed by atoms with Crippen molar-refractivity contribution in [2.75, 3.05) is 4.90 Å². The molecule has 0 amide bonds.